The molecule has 0 bridgehead atoms. The molecule has 0 aromatic heterocycles. The van der Waals surface area contributed by atoms with Crippen LogP contribution in [0.4, 0.5) is 0 Å². The second-order valence-electron chi connectivity index (χ2n) is 3.67. The van der Waals surface area contributed by atoms with Gasteiger partial charge in [-0.15, -0.1) is 0 Å². The summed E-state index contributed by atoms with van der Waals surface area (Å²) < 4.78 is 24.5. The Morgan fingerprint density at radius 2 is 2.07 bits per heavy atom. The van der Waals surface area contributed by atoms with Crippen LogP contribution in [0.1, 0.15) is 38.5 Å². The van der Waals surface area contributed by atoms with Crippen LogP contribution in [-0.2, 0) is 15.5 Å². The van der Waals surface area contributed by atoms with Crippen LogP contribution in [0, 0.1) is 0 Å². The monoisotopic (exact) mass is 220 g/mol. The topological polar surface area (TPSA) is 61.4 Å². The molecule has 14 heavy (non-hydrogen) atoms. The molecule has 1 aliphatic rings. The molecule has 0 spiro atoms. The largest absolute Gasteiger partial charge is 0.750 e. The summed E-state index contributed by atoms with van der Waals surface area (Å²) in [5.74, 6) is 0. The number of rotatable bonds is 6. The van der Waals surface area contributed by atoms with Crippen LogP contribution in [0.25, 0.3) is 0 Å². The average Bonchev–Trinajstić information content (AvgIpc) is 2.18. The van der Waals surface area contributed by atoms with Crippen molar-refractivity contribution >= 4 is 11.4 Å². The van der Waals surface area contributed by atoms with Gasteiger partial charge in [0.1, 0.15) is 0 Å². The minimum Gasteiger partial charge on any atom is -0.750 e. The highest BCUT2D eigenvalue weighted by Gasteiger charge is 2.11. The highest BCUT2D eigenvalue weighted by atomic mass is 32.2. The third-order valence-corrected chi connectivity index (χ3v) is 2.90. The molecule has 1 atom stereocenters. The molecule has 1 N–H and O–H groups in total. The SMILES string of the molecule is O=S([O-])OCCCNC1CCCCC1. The van der Waals surface area contributed by atoms with Crippen LogP contribution in [0.15, 0.2) is 0 Å². The maximum absolute atomic E-state index is 10.0. The minimum atomic E-state index is -2.35. The quantitative estimate of drug-likeness (QED) is 0.538. The first-order chi connectivity index (χ1) is 6.79. The zero-order valence-corrected chi connectivity index (χ0v) is 9.18. The Morgan fingerprint density at radius 1 is 1.36 bits per heavy atom. The maximum atomic E-state index is 10.0. The Hall–Kier alpha value is 0.0300. The van der Waals surface area contributed by atoms with E-state index in [0.29, 0.717) is 6.04 Å². The van der Waals surface area contributed by atoms with Crippen molar-refractivity contribution < 1.29 is 12.9 Å². The second kappa shape index (κ2) is 7.34. The van der Waals surface area contributed by atoms with Gasteiger partial charge in [0.05, 0.1) is 18.0 Å². The Kier molecular flexibility index (Phi) is 6.34. The van der Waals surface area contributed by atoms with Crippen molar-refractivity contribution in [3.63, 3.8) is 0 Å². The van der Waals surface area contributed by atoms with Gasteiger partial charge in [-0.05, 0) is 25.8 Å². The maximum Gasteiger partial charge on any atom is 0.0842 e. The molecule has 4 nitrogen and oxygen atoms in total. The zero-order valence-electron chi connectivity index (χ0n) is 8.37. The molecule has 1 fully saturated rings. The number of hydrogen-bond donors (Lipinski definition) is 1. The van der Waals surface area contributed by atoms with Crippen LogP contribution < -0.4 is 5.32 Å². The fourth-order valence-electron chi connectivity index (χ4n) is 1.81. The lowest BCUT2D eigenvalue weighted by Gasteiger charge is -2.22. The van der Waals surface area contributed by atoms with E-state index in [0.717, 1.165) is 13.0 Å². The van der Waals surface area contributed by atoms with Crippen molar-refractivity contribution in [1.29, 1.82) is 0 Å². The lowest BCUT2D eigenvalue weighted by Crippen LogP contribution is -2.32. The predicted molar refractivity (Wildman–Crippen MR) is 54.4 cm³/mol. The fraction of sp³-hybridized carbons (Fsp3) is 1.00. The smallest absolute Gasteiger partial charge is 0.0842 e. The molecule has 1 unspecified atom stereocenters. The summed E-state index contributed by atoms with van der Waals surface area (Å²) in [5.41, 5.74) is 0. The standard InChI is InChI=1S/C9H19NO3S/c11-14(12)13-8-4-7-10-9-5-2-1-3-6-9/h9-10H,1-8H2,(H,11,12)/p-1. The van der Waals surface area contributed by atoms with Gasteiger partial charge in [0, 0.05) is 6.04 Å². The first kappa shape index (κ1) is 12.1. The number of hydrogen-bond acceptors (Lipinski definition) is 4. The minimum absolute atomic E-state index is 0.288. The van der Waals surface area contributed by atoms with E-state index in [2.05, 4.69) is 9.50 Å². The van der Waals surface area contributed by atoms with E-state index in [1.807, 2.05) is 0 Å². The van der Waals surface area contributed by atoms with Gasteiger partial charge < -0.3 is 14.1 Å². The van der Waals surface area contributed by atoms with E-state index in [-0.39, 0.29) is 6.61 Å². The van der Waals surface area contributed by atoms with E-state index < -0.39 is 11.4 Å². The van der Waals surface area contributed by atoms with Crippen LogP contribution in [0.2, 0.25) is 0 Å². The first-order valence-electron chi connectivity index (χ1n) is 5.25. The summed E-state index contributed by atoms with van der Waals surface area (Å²) in [6, 6.07) is 0.640. The van der Waals surface area contributed by atoms with Gasteiger partial charge in [-0.1, -0.05) is 19.3 Å². The summed E-state index contributed by atoms with van der Waals surface area (Å²) in [6.45, 7) is 1.14. The van der Waals surface area contributed by atoms with Crippen molar-refractivity contribution in [2.45, 2.75) is 44.6 Å². The highest BCUT2D eigenvalue weighted by Crippen LogP contribution is 2.17. The Morgan fingerprint density at radius 3 is 2.71 bits per heavy atom. The van der Waals surface area contributed by atoms with E-state index in [9.17, 15) is 8.76 Å². The Labute approximate surface area is 87.9 Å². The van der Waals surface area contributed by atoms with Gasteiger partial charge in [0.25, 0.3) is 0 Å². The van der Waals surface area contributed by atoms with E-state index in [1.165, 1.54) is 32.1 Å². The van der Waals surface area contributed by atoms with Crippen molar-refractivity contribution in [3.8, 4) is 0 Å². The van der Waals surface area contributed by atoms with Crippen molar-refractivity contribution in [2.24, 2.45) is 0 Å². The molecular weight excluding hydrogens is 202 g/mol. The summed E-state index contributed by atoms with van der Waals surface area (Å²) >= 11 is -2.35. The van der Waals surface area contributed by atoms with E-state index in [1.54, 1.807) is 0 Å². The van der Waals surface area contributed by atoms with Gasteiger partial charge in [0.15, 0.2) is 0 Å². The lowest BCUT2D eigenvalue weighted by atomic mass is 9.95. The molecule has 0 saturated heterocycles. The molecule has 5 heteroatoms. The lowest BCUT2D eigenvalue weighted by molar-refractivity contribution is 0.286. The molecule has 0 aromatic carbocycles. The van der Waals surface area contributed by atoms with Crippen molar-refractivity contribution in [1.82, 2.24) is 5.32 Å². The predicted octanol–water partition coefficient (Wildman–Crippen LogP) is 1.11. The molecule has 0 amide bonds. The van der Waals surface area contributed by atoms with Crippen molar-refractivity contribution in [2.75, 3.05) is 13.2 Å². The van der Waals surface area contributed by atoms with Gasteiger partial charge in [0.2, 0.25) is 0 Å². The number of nitrogens with one attached hydrogen (secondary N) is 1. The fourth-order valence-corrected chi connectivity index (χ4v) is 2.07. The first-order valence-corrected chi connectivity index (χ1v) is 6.25. The summed E-state index contributed by atoms with van der Waals surface area (Å²) in [4.78, 5) is 0. The van der Waals surface area contributed by atoms with Crippen LogP contribution in [0.5, 0.6) is 0 Å². The van der Waals surface area contributed by atoms with Crippen LogP contribution in [0.3, 0.4) is 0 Å². The summed E-state index contributed by atoms with van der Waals surface area (Å²) in [5, 5.41) is 3.41. The normalized spacial score (nSPS) is 20.9. The zero-order chi connectivity index (χ0) is 10.2. The second-order valence-corrected chi connectivity index (χ2v) is 4.31. The molecule has 84 valence electrons. The van der Waals surface area contributed by atoms with E-state index in [4.69, 9.17) is 0 Å². The van der Waals surface area contributed by atoms with Gasteiger partial charge >= 0.3 is 0 Å². The van der Waals surface area contributed by atoms with E-state index >= 15 is 0 Å². The molecule has 0 heterocycles. The molecule has 0 aromatic rings. The molecule has 1 saturated carbocycles. The molecular formula is C9H18NO3S-. The Bertz CT molecular complexity index is 171. The molecule has 1 rings (SSSR count). The van der Waals surface area contributed by atoms with Gasteiger partial charge in [-0.3, -0.25) is 0 Å². The van der Waals surface area contributed by atoms with Crippen molar-refractivity contribution in [3.05, 3.63) is 0 Å². The third-order valence-electron chi connectivity index (χ3n) is 2.54. The Balaban J connectivity index is 1.90. The summed E-state index contributed by atoms with van der Waals surface area (Å²) in [6.07, 6.45) is 7.26. The summed E-state index contributed by atoms with van der Waals surface area (Å²) in [7, 11) is 0. The average molecular weight is 220 g/mol. The molecule has 0 aliphatic heterocycles. The van der Waals surface area contributed by atoms with Crippen LogP contribution in [-0.4, -0.2) is 28.0 Å². The highest BCUT2D eigenvalue weighted by molar-refractivity contribution is 7.74. The van der Waals surface area contributed by atoms with Gasteiger partial charge in [-0.2, -0.15) is 0 Å². The molecule has 1 aliphatic carbocycles. The molecule has 0 radical (unpaired) electrons. The third kappa shape index (κ3) is 5.70. The van der Waals surface area contributed by atoms with Gasteiger partial charge in [-0.25, -0.2) is 4.21 Å². The van der Waals surface area contributed by atoms with Crippen LogP contribution >= 0.6 is 0 Å².